The summed E-state index contributed by atoms with van der Waals surface area (Å²) in [6.07, 6.45) is 2.14. The Hall–Kier alpha value is -1.88. The van der Waals surface area contributed by atoms with Gasteiger partial charge in [-0.2, -0.15) is 0 Å². The summed E-state index contributed by atoms with van der Waals surface area (Å²) in [5, 5.41) is 22.9. The van der Waals surface area contributed by atoms with Gasteiger partial charge in [0.1, 0.15) is 0 Å². The lowest BCUT2D eigenvalue weighted by molar-refractivity contribution is 0.296. The van der Waals surface area contributed by atoms with Crippen molar-refractivity contribution in [3.63, 3.8) is 0 Å². The van der Waals surface area contributed by atoms with Crippen molar-refractivity contribution in [2.45, 2.75) is 25.4 Å². The van der Waals surface area contributed by atoms with Crippen molar-refractivity contribution in [1.82, 2.24) is 5.32 Å². The highest BCUT2D eigenvalue weighted by Crippen LogP contribution is 2.22. The van der Waals surface area contributed by atoms with Gasteiger partial charge >= 0.3 is 0 Å². The molecule has 2 N–H and O–H groups in total. The minimum absolute atomic E-state index is 0.120. The van der Waals surface area contributed by atoms with Crippen molar-refractivity contribution in [3.8, 4) is 0 Å². The Morgan fingerprint density at radius 2 is 1.65 bits per heavy atom. The van der Waals surface area contributed by atoms with Gasteiger partial charge in [-0.05, 0) is 41.7 Å². The molecule has 0 bridgehead atoms. The van der Waals surface area contributed by atoms with Crippen LogP contribution >= 0.6 is 0 Å². The third-order valence-corrected chi connectivity index (χ3v) is 3.80. The monoisotopic (exact) mass is 269 g/mol. The summed E-state index contributed by atoms with van der Waals surface area (Å²) in [6, 6.07) is 16.0. The van der Waals surface area contributed by atoms with Crippen LogP contribution in [0.2, 0.25) is 0 Å². The van der Waals surface area contributed by atoms with Gasteiger partial charge in [0.05, 0.1) is 5.69 Å². The molecule has 2 aromatic carbocycles. The zero-order valence-corrected chi connectivity index (χ0v) is 11.1. The first kappa shape index (κ1) is 13.1. The van der Waals surface area contributed by atoms with Crippen molar-refractivity contribution >= 4 is 5.69 Å². The SMILES string of the molecule is [O-]N(O)c1ccc(CNC2Cc3ccccc3C2)cc1. The second kappa shape index (κ2) is 5.63. The number of fused-ring (bicyclic) bond motifs is 1. The van der Waals surface area contributed by atoms with Crippen LogP contribution in [-0.4, -0.2) is 11.2 Å². The summed E-state index contributed by atoms with van der Waals surface area (Å²) in [5.74, 6) is 0. The van der Waals surface area contributed by atoms with E-state index in [1.54, 1.807) is 12.1 Å². The molecule has 4 heteroatoms. The maximum absolute atomic E-state index is 10.7. The Balaban J connectivity index is 1.56. The predicted octanol–water partition coefficient (Wildman–Crippen LogP) is 2.64. The van der Waals surface area contributed by atoms with Crippen molar-refractivity contribution < 1.29 is 5.21 Å². The molecule has 0 amide bonds. The second-order valence-electron chi connectivity index (χ2n) is 5.19. The van der Waals surface area contributed by atoms with Crippen molar-refractivity contribution in [2.75, 3.05) is 5.23 Å². The molecule has 0 saturated carbocycles. The van der Waals surface area contributed by atoms with E-state index in [2.05, 4.69) is 29.6 Å². The van der Waals surface area contributed by atoms with Crippen LogP contribution in [-0.2, 0) is 19.4 Å². The molecule has 0 heterocycles. The number of anilines is 1. The third kappa shape index (κ3) is 2.82. The summed E-state index contributed by atoms with van der Waals surface area (Å²) >= 11 is 0. The second-order valence-corrected chi connectivity index (χ2v) is 5.19. The zero-order chi connectivity index (χ0) is 13.9. The van der Waals surface area contributed by atoms with E-state index in [0.717, 1.165) is 24.9 Å². The van der Waals surface area contributed by atoms with E-state index < -0.39 is 0 Å². The lowest BCUT2D eigenvalue weighted by Gasteiger charge is -2.21. The molecule has 2 aromatic rings. The van der Waals surface area contributed by atoms with Crippen LogP contribution in [0.15, 0.2) is 48.5 Å². The summed E-state index contributed by atoms with van der Waals surface area (Å²) in [5.41, 5.74) is 4.22. The molecule has 0 radical (unpaired) electrons. The van der Waals surface area contributed by atoms with Crippen LogP contribution in [0.1, 0.15) is 16.7 Å². The van der Waals surface area contributed by atoms with E-state index in [0.29, 0.717) is 6.04 Å². The Kier molecular flexibility index (Phi) is 3.69. The topological polar surface area (TPSA) is 58.6 Å². The number of nitrogens with one attached hydrogen (secondary N) is 1. The quantitative estimate of drug-likeness (QED) is 0.838. The smallest absolute Gasteiger partial charge is 0.0508 e. The number of benzene rings is 2. The summed E-state index contributed by atoms with van der Waals surface area (Å²) in [6.45, 7) is 0.767. The Morgan fingerprint density at radius 1 is 1.05 bits per heavy atom. The fourth-order valence-corrected chi connectivity index (χ4v) is 2.71. The number of hydrogen-bond donors (Lipinski definition) is 2. The Labute approximate surface area is 118 Å². The van der Waals surface area contributed by atoms with Gasteiger partial charge in [0.15, 0.2) is 0 Å². The first-order valence-electron chi connectivity index (χ1n) is 6.77. The van der Waals surface area contributed by atoms with E-state index in [-0.39, 0.29) is 10.9 Å². The van der Waals surface area contributed by atoms with Gasteiger partial charge in [-0.1, -0.05) is 36.4 Å². The van der Waals surface area contributed by atoms with Crippen LogP contribution in [0, 0.1) is 5.21 Å². The van der Waals surface area contributed by atoms with Gasteiger partial charge < -0.3 is 15.8 Å². The standard InChI is InChI=1S/C16H17N2O2/c19-18(20)16-7-5-12(6-8-16)11-17-15-9-13-3-1-2-4-14(13)10-15/h1-8,15,17,19H,9-11H2/q-1. The van der Waals surface area contributed by atoms with Crippen molar-refractivity contribution in [2.24, 2.45) is 0 Å². The van der Waals surface area contributed by atoms with E-state index in [9.17, 15) is 5.21 Å². The van der Waals surface area contributed by atoms with Crippen LogP contribution in [0.4, 0.5) is 5.69 Å². The van der Waals surface area contributed by atoms with E-state index in [1.165, 1.54) is 11.1 Å². The van der Waals surface area contributed by atoms with Gasteiger partial charge in [-0.3, -0.25) is 5.21 Å². The lowest BCUT2D eigenvalue weighted by Crippen LogP contribution is -2.28. The van der Waals surface area contributed by atoms with Gasteiger partial charge in [0, 0.05) is 12.6 Å². The normalized spacial score (nSPS) is 14.3. The molecule has 104 valence electrons. The van der Waals surface area contributed by atoms with Crippen LogP contribution in [0.3, 0.4) is 0 Å². The molecule has 0 aliphatic heterocycles. The van der Waals surface area contributed by atoms with E-state index in [1.807, 2.05) is 12.1 Å². The van der Waals surface area contributed by atoms with Gasteiger partial charge in [0.2, 0.25) is 0 Å². The molecular formula is C16H17N2O2-. The lowest BCUT2D eigenvalue weighted by atomic mass is 10.1. The van der Waals surface area contributed by atoms with Crippen molar-refractivity contribution in [1.29, 1.82) is 0 Å². The molecule has 0 atom stereocenters. The Bertz CT molecular complexity index is 556. The van der Waals surface area contributed by atoms with Crippen LogP contribution < -0.4 is 10.5 Å². The summed E-state index contributed by atoms with van der Waals surface area (Å²) in [4.78, 5) is 0. The maximum atomic E-state index is 10.7. The first-order valence-corrected chi connectivity index (χ1v) is 6.77. The fraction of sp³-hybridized carbons (Fsp3) is 0.250. The molecule has 0 saturated heterocycles. The number of rotatable bonds is 4. The molecule has 0 unspecified atom stereocenters. The highest BCUT2D eigenvalue weighted by Gasteiger charge is 2.19. The average molecular weight is 269 g/mol. The fourth-order valence-electron chi connectivity index (χ4n) is 2.71. The first-order chi connectivity index (χ1) is 9.72. The molecule has 20 heavy (non-hydrogen) atoms. The van der Waals surface area contributed by atoms with Gasteiger partial charge in [0.25, 0.3) is 0 Å². The highest BCUT2D eigenvalue weighted by molar-refractivity contribution is 5.45. The van der Waals surface area contributed by atoms with Crippen LogP contribution in [0.5, 0.6) is 0 Å². The highest BCUT2D eigenvalue weighted by atomic mass is 16.8. The molecule has 1 aliphatic carbocycles. The summed E-state index contributed by atoms with van der Waals surface area (Å²) in [7, 11) is 0. The molecule has 0 spiro atoms. The molecular weight excluding hydrogens is 252 g/mol. The van der Waals surface area contributed by atoms with E-state index in [4.69, 9.17) is 5.21 Å². The van der Waals surface area contributed by atoms with Gasteiger partial charge in [-0.15, -0.1) is 0 Å². The minimum Gasteiger partial charge on any atom is -0.733 e. The predicted molar refractivity (Wildman–Crippen MR) is 78.6 cm³/mol. The van der Waals surface area contributed by atoms with Crippen LogP contribution in [0.25, 0.3) is 0 Å². The van der Waals surface area contributed by atoms with E-state index >= 15 is 0 Å². The molecule has 1 aliphatic rings. The maximum Gasteiger partial charge on any atom is 0.0508 e. The minimum atomic E-state index is -0.120. The largest absolute Gasteiger partial charge is 0.733 e. The average Bonchev–Trinajstić information content (AvgIpc) is 2.88. The molecule has 0 aromatic heterocycles. The third-order valence-electron chi connectivity index (χ3n) is 3.80. The van der Waals surface area contributed by atoms with Crippen molar-refractivity contribution in [3.05, 3.63) is 70.4 Å². The number of hydrogen-bond acceptors (Lipinski definition) is 4. The molecule has 4 nitrogen and oxygen atoms in total. The summed E-state index contributed by atoms with van der Waals surface area (Å²) < 4.78 is 0. The molecule has 3 rings (SSSR count). The molecule has 0 fully saturated rings. The number of nitrogens with zero attached hydrogens (tertiary/aromatic N) is 1. The Morgan fingerprint density at radius 3 is 2.20 bits per heavy atom. The zero-order valence-electron chi connectivity index (χ0n) is 11.1. The van der Waals surface area contributed by atoms with Gasteiger partial charge in [-0.25, -0.2) is 0 Å².